The average molecular weight is 418 g/mol. The minimum Gasteiger partial charge on any atom is -0.395 e. The third kappa shape index (κ3) is 3.45. The lowest BCUT2D eigenvalue weighted by atomic mass is 10.1. The topological polar surface area (TPSA) is 91.5 Å². The van der Waals surface area contributed by atoms with Crippen LogP contribution in [0.1, 0.15) is 15.9 Å². The van der Waals surface area contributed by atoms with Crippen LogP contribution in [-0.4, -0.2) is 39.8 Å². The van der Waals surface area contributed by atoms with Gasteiger partial charge < -0.3 is 15.7 Å². The maximum absolute atomic E-state index is 14.3. The number of benzene rings is 2. The molecule has 0 radical (unpaired) electrons. The summed E-state index contributed by atoms with van der Waals surface area (Å²) in [6, 6.07) is 8.15. The van der Waals surface area contributed by atoms with Crippen molar-refractivity contribution in [3.8, 4) is 5.69 Å². The van der Waals surface area contributed by atoms with E-state index in [1.165, 1.54) is 29.1 Å². The number of carbonyl (C=O) groups is 1. The molecule has 29 heavy (non-hydrogen) atoms. The Kier molecular flexibility index (Phi) is 4.99. The maximum atomic E-state index is 14.3. The summed E-state index contributed by atoms with van der Waals surface area (Å²) in [6.07, 6.45) is 1.35. The van der Waals surface area contributed by atoms with Crippen LogP contribution in [0.2, 0.25) is 5.02 Å². The molecule has 2 heterocycles. The molecule has 0 aliphatic carbocycles. The highest BCUT2D eigenvalue weighted by Crippen LogP contribution is 2.35. The Morgan fingerprint density at radius 2 is 2.00 bits per heavy atom. The van der Waals surface area contributed by atoms with Crippen molar-refractivity contribution in [2.45, 2.75) is 0 Å². The lowest BCUT2D eigenvalue weighted by Crippen LogP contribution is -2.26. The van der Waals surface area contributed by atoms with Crippen LogP contribution >= 0.6 is 11.6 Å². The van der Waals surface area contributed by atoms with Gasteiger partial charge in [-0.3, -0.25) is 4.79 Å². The molecule has 1 aliphatic rings. The first kappa shape index (κ1) is 19.0. The van der Waals surface area contributed by atoms with Crippen molar-refractivity contribution in [3.05, 3.63) is 70.4 Å². The molecule has 4 rings (SSSR count). The Labute approximate surface area is 168 Å². The third-order valence-corrected chi connectivity index (χ3v) is 4.52. The molecular formula is C19H14ClF2N5O2. The molecule has 0 saturated carbocycles. The molecule has 0 spiro atoms. The molecule has 1 aliphatic heterocycles. The van der Waals surface area contributed by atoms with Crippen molar-refractivity contribution >= 4 is 34.8 Å². The molecule has 0 fully saturated rings. The predicted molar refractivity (Wildman–Crippen MR) is 104 cm³/mol. The molecule has 0 saturated heterocycles. The molecule has 2 aromatic carbocycles. The normalized spacial score (nSPS) is 12.3. The number of aliphatic imine (C=N–C) groups is 1. The Balaban J connectivity index is 1.86. The summed E-state index contributed by atoms with van der Waals surface area (Å²) in [7, 11) is 0. The third-order valence-electron chi connectivity index (χ3n) is 4.26. The fraction of sp³-hybridized carbons (Fsp3) is 0.105. The van der Waals surface area contributed by atoms with E-state index >= 15 is 0 Å². The number of fused-ring (bicyclic) bond motifs is 3. The number of aliphatic hydroxyl groups is 1. The van der Waals surface area contributed by atoms with E-state index in [9.17, 15) is 13.6 Å². The second kappa shape index (κ2) is 7.61. The van der Waals surface area contributed by atoms with Crippen molar-refractivity contribution < 1.29 is 18.7 Å². The SMILES string of the molecule is O=C(NCCO)c1ccc2c(c1)-n1ncc(Cl)c1N=C(c1c(F)cccc1F)N2. The zero-order valence-corrected chi connectivity index (χ0v) is 15.5. The monoisotopic (exact) mass is 417 g/mol. The molecule has 3 aromatic rings. The van der Waals surface area contributed by atoms with E-state index in [0.29, 0.717) is 16.9 Å². The second-order valence-corrected chi connectivity index (χ2v) is 6.53. The number of rotatable bonds is 4. The number of aromatic nitrogens is 2. The van der Waals surface area contributed by atoms with E-state index in [2.05, 4.69) is 20.7 Å². The zero-order valence-electron chi connectivity index (χ0n) is 14.8. The molecule has 0 atom stereocenters. The van der Waals surface area contributed by atoms with Crippen molar-refractivity contribution in [1.29, 1.82) is 0 Å². The first-order chi connectivity index (χ1) is 14.0. The van der Waals surface area contributed by atoms with Crippen LogP contribution in [0.15, 0.2) is 47.6 Å². The summed E-state index contributed by atoms with van der Waals surface area (Å²) in [4.78, 5) is 16.5. The van der Waals surface area contributed by atoms with Crippen LogP contribution in [0.5, 0.6) is 0 Å². The molecule has 3 N–H and O–H groups in total. The Hall–Kier alpha value is -3.30. The van der Waals surface area contributed by atoms with Crippen molar-refractivity contribution in [2.75, 3.05) is 18.5 Å². The van der Waals surface area contributed by atoms with Gasteiger partial charge in [0.15, 0.2) is 5.82 Å². The predicted octanol–water partition coefficient (Wildman–Crippen LogP) is 3.03. The Morgan fingerprint density at radius 1 is 1.24 bits per heavy atom. The van der Waals surface area contributed by atoms with E-state index in [-0.39, 0.29) is 35.4 Å². The minimum absolute atomic E-state index is 0.0829. The number of halogens is 3. The van der Waals surface area contributed by atoms with Gasteiger partial charge in [-0.15, -0.1) is 0 Å². The largest absolute Gasteiger partial charge is 0.395 e. The fourth-order valence-corrected chi connectivity index (χ4v) is 3.09. The lowest BCUT2D eigenvalue weighted by molar-refractivity contribution is 0.0944. The highest BCUT2D eigenvalue weighted by Gasteiger charge is 2.24. The van der Waals surface area contributed by atoms with Gasteiger partial charge in [0.05, 0.1) is 29.7 Å². The number of amidine groups is 1. The zero-order chi connectivity index (χ0) is 20.5. The van der Waals surface area contributed by atoms with Crippen molar-refractivity contribution in [1.82, 2.24) is 15.1 Å². The highest BCUT2D eigenvalue weighted by atomic mass is 35.5. The Bertz CT molecular complexity index is 1130. The maximum Gasteiger partial charge on any atom is 0.251 e. The number of anilines is 1. The van der Waals surface area contributed by atoms with Crippen LogP contribution in [0.4, 0.5) is 20.3 Å². The van der Waals surface area contributed by atoms with Crippen LogP contribution < -0.4 is 10.6 Å². The van der Waals surface area contributed by atoms with Gasteiger partial charge in [-0.1, -0.05) is 17.7 Å². The average Bonchev–Trinajstić information content (AvgIpc) is 2.97. The van der Waals surface area contributed by atoms with E-state index in [4.69, 9.17) is 16.7 Å². The van der Waals surface area contributed by atoms with Crippen molar-refractivity contribution in [3.63, 3.8) is 0 Å². The van der Waals surface area contributed by atoms with Crippen molar-refractivity contribution in [2.24, 2.45) is 4.99 Å². The number of nitrogens with zero attached hydrogens (tertiary/aromatic N) is 3. The van der Waals surface area contributed by atoms with Gasteiger partial charge in [0.2, 0.25) is 0 Å². The van der Waals surface area contributed by atoms with Crippen LogP contribution in [0, 0.1) is 11.6 Å². The van der Waals surface area contributed by atoms with Crippen LogP contribution in [-0.2, 0) is 0 Å². The lowest BCUT2D eigenvalue weighted by Gasteiger charge is -2.13. The van der Waals surface area contributed by atoms with Gasteiger partial charge in [-0.05, 0) is 30.3 Å². The van der Waals surface area contributed by atoms with Crippen LogP contribution in [0.3, 0.4) is 0 Å². The number of aliphatic hydroxyl groups excluding tert-OH is 1. The number of hydrogen-bond donors (Lipinski definition) is 3. The van der Waals surface area contributed by atoms with Gasteiger partial charge in [-0.2, -0.15) is 5.10 Å². The summed E-state index contributed by atoms with van der Waals surface area (Å²) < 4.78 is 30.1. The molecule has 1 amide bonds. The minimum atomic E-state index is -0.790. The first-order valence-electron chi connectivity index (χ1n) is 8.56. The standard InChI is InChI=1S/C19H14ClF2N5O2/c20-11-9-24-27-15-8-10(19(29)23-6-7-28)4-5-14(15)25-17(26-18(11)27)16-12(21)2-1-3-13(16)22/h1-5,8-9,28H,6-7H2,(H,23,29)(H,25,26). The summed E-state index contributed by atoms with van der Waals surface area (Å²) >= 11 is 6.19. The van der Waals surface area contributed by atoms with Gasteiger partial charge in [0.1, 0.15) is 22.5 Å². The summed E-state index contributed by atoms with van der Waals surface area (Å²) in [5.41, 5.74) is 0.800. The molecule has 0 bridgehead atoms. The quantitative estimate of drug-likeness (QED) is 0.608. The molecule has 0 unspecified atom stereocenters. The van der Waals surface area contributed by atoms with E-state index in [1.54, 1.807) is 6.07 Å². The van der Waals surface area contributed by atoms with Gasteiger partial charge >= 0.3 is 0 Å². The number of carbonyl (C=O) groups excluding carboxylic acids is 1. The molecule has 148 valence electrons. The fourth-order valence-electron chi connectivity index (χ4n) is 2.93. The number of nitrogens with one attached hydrogen (secondary N) is 2. The van der Waals surface area contributed by atoms with E-state index < -0.39 is 17.5 Å². The molecule has 1 aromatic heterocycles. The van der Waals surface area contributed by atoms with Gasteiger partial charge in [-0.25, -0.2) is 18.5 Å². The highest BCUT2D eigenvalue weighted by molar-refractivity contribution is 6.33. The summed E-state index contributed by atoms with van der Waals surface area (Å²) in [6.45, 7) is -0.0879. The van der Waals surface area contributed by atoms with Gasteiger partial charge in [0.25, 0.3) is 5.91 Å². The molecule has 10 heteroatoms. The summed E-state index contributed by atoms with van der Waals surface area (Å²) in [5.74, 6) is -1.90. The van der Waals surface area contributed by atoms with Crippen LogP contribution in [0.25, 0.3) is 5.69 Å². The molecular weight excluding hydrogens is 404 g/mol. The Morgan fingerprint density at radius 3 is 2.72 bits per heavy atom. The van der Waals surface area contributed by atoms with E-state index in [0.717, 1.165) is 12.1 Å². The van der Waals surface area contributed by atoms with E-state index in [1.807, 2.05) is 0 Å². The molecule has 7 nitrogen and oxygen atoms in total. The van der Waals surface area contributed by atoms with Gasteiger partial charge in [0, 0.05) is 12.1 Å². The second-order valence-electron chi connectivity index (χ2n) is 6.12. The summed E-state index contributed by atoms with van der Waals surface area (Å²) in [5, 5.41) is 18.7. The number of hydrogen-bond acceptors (Lipinski definition) is 5. The first-order valence-corrected chi connectivity index (χ1v) is 8.94. The number of amides is 1. The smallest absolute Gasteiger partial charge is 0.251 e.